The Balaban J connectivity index is 1.70. The molecule has 2 heterocycles. The van der Waals surface area contributed by atoms with Crippen LogP contribution in [0.25, 0.3) is 10.6 Å². The number of aromatic nitrogens is 2. The van der Waals surface area contributed by atoms with Crippen LogP contribution >= 0.6 is 27.3 Å². The molecule has 3 N–H and O–H groups in total. The molecule has 0 aliphatic heterocycles. The van der Waals surface area contributed by atoms with Gasteiger partial charge >= 0.3 is 0 Å². The molecule has 2 aromatic heterocycles. The normalized spacial score (nSPS) is 10.6. The Labute approximate surface area is 169 Å². The summed E-state index contributed by atoms with van der Waals surface area (Å²) in [5, 5.41) is 3.31. The van der Waals surface area contributed by atoms with E-state index >= 15 is 0 Å². The lowest BCUT2D eigenvalue weighted by molar-refractivity contribution is 0.100. The highest BCUT2D eigenvalue weighted by atomic mass is 79.9. The van der Waals surface area contributed by atoms with Crippen molar-refractivity contribution in [2.75, 3.05) is 18.5 Å². The minimum Gasteiger partial charge on any atom is -0.492 e. The van der Waals surface area contributed by atoms with E-state index in [1.54, 1.807) is 6.07 Å². The Morgan fingerprint density at radius 2 is 2.04 bits per heavy atom. The number of carbonyl (C=O) groups excluding carboxylic acids is 1. The van der Waals surface area contributed by atoms with E-state index in [9.17, 15) is 4.79 Å². The van der Waals surface area contributed by atoms with Crippen LogP contribution in [-0.2, 0) is 6.42 Å². The lowest BCUT2D eigenvalue weighted by Gasteiger charge is -2.06. The molecule has 3 aromatic rings. The number of anilines is 1. The molecule has 1 amide bonds. The van der Waals surface area contributed by atoms with E-state index in [-0.39, 0.29) is 0 Å². The molecule has 1 aromatic carbocycles. The van der Waals surface area contributed by atoms with Gasteiger partial charge in [0.25, 0.3) is 5.91 Å². The molecule has 6 nitrogen and oxygen atoms in total. The maximum atomic E-state index is 11.6. The average Bonchev–Trinajstić information content (AvgIpc) is 3.08. The number of thiophene rings is 1. The van der Waals surface area contributed by atoms with Crippen molar-refractivity contribution < 1.29 is 9.53 Å². The number of benzene rings is 1. The number of nitrogens with one attached hydrogen (secondary N) is 1. The standard InChI is InChI=1S/C19H19BrN4O2S/c1-2-26-15-10-16(27-18(15)19(21)25)14-9-17(24-11-23-14)22-8-7-12-3-5-13(20)6-4-12/h3-6,9-11H,2,7-8H2,1H3,(H2,21,25)(H,22,23,24). The van der Waals surface area contributed by atoms with Gasteiger partial charge in [-0.2, -0.15) is 0 Å². The Kier molecular flexibility index (Phi) is 6.41. The third kappa shape index (κ3) is 5.05. The molecule has 0 spiro atoms. The van der Waals surface area contributed by atoms with Crippen LogP contribution in [0.15, 0.2) is 47.2 Å². The fraction of sp³-hybridized carbons (Fsp3) is 0.211. The summed E-state index contributed by atoms with van der Waals surface area (Å²) < 4.78 is 6.57. The van der Waals surface area contributed by atoms with E-state index in [0.717, 1.165) is 33.8 Å². The van der Waals surface area contributed by atoms with Crippen LogP contribution in [0.5, 0.6) is 5.75 Å². The van der Waals surface area contributed by atoms with E-state index < -0.39 is 5.91 Å². The monoisotopic (exact) mass is 446 g/mol. The molecule has 8 heteroatoms. The number of nitrogens with zero attached hydrogens (tertiary/aromatic N) is 2. The van der Waals surface area contributed by atoms with Crippen LogP contribution in [0.3, 0.4) is 0 Å². The Morgan fingerprint density at radius 3 is 2.74 bits per heavy atom. The van der Waals surface area contributed by atoms with Crippen molar-refractivity contribution in [1.82, 2.24) is 9.97 Å². The van der Waals surface area contributed by atoms with E-state index in [2.05, 4.69) is 43.3 Å². The van der Waals surface area contributed by atoms with Gasteiger partial charge in [-0.25, -0.2) is 9.97 Å². The molecule has 0 bridgehead atoms. The maximum absolute atomic E-state index is 11.6. The lowest BCUT2D eigenvalue weighted by Crippen LogP contribution is -2.10. The highest BCUT2D eigenvalue weighted by molar-refractivity contribution is 9.10. The zero-order valence-electron chi connectivity index (χ0n) is 14.7. The first-order valence-corrected chi connectivity index (χ1v) is 10.0. The molecule has 140 valence electrons. The van der Waals surface area contributed by atoms with Gasteiger partial charge in [-0.05, 0) is 31.0 Å². The fourth-order valence-corrected chi connectivity index (χ4v) is 3.70. The number of amides is 1. The third-order valence-electron chi connectivity index (χ3n) is 3.77. The van der Waals surface area contributed by atoms with Crippen molar-refractivity contribution in [2.45, 2.75) is 13.3 Å². The van der Waals surface area contributed by atoms with Crippen LogP contribution in [0.1, 0.15) is 22.2 Å². The summed E-state index contributed by atoms with van der Waals surface area (Å²) >= 11 is 4.71. The molecule has 0 saturated carbocycles. The van der Waals surface area contributed by atoms with Gasteiger partial charge in [0.15, 0.2) is 0 Å². The largest absolute Gasteiger partial charge is 0.492 e. The van der Waals surface area contributed by atoms with Crippen molar-refractivity contribution >= 4 is 39.0 Å². The number of halogens is 1. The molecule has 0 fully saturated rings. The number of hydrogen-bond donors (Lipinski definition) is 2. The number of primary amides is 1. The summed E-state index contributed by atoms with van der Waals surface area (Å²) in [4.78, 5) is 21.4. The van der Waals surface area contributed by atoms with Crippen molar-refractivity contribution in [1.29, 1.82) is 0 Å². The molecule has 0 aliphatic carbocycles. The van der Waals surface area contributed by atoms with E-state index in [1.807, 2.05) is 25.1 Å². The van der Waals surface area contributed by atoms with Gasteiger partial charge in [0, 0.05) is 23.2 Å². The van der Waals surface area contributed by atoms with E-state index in [0.29, 0.717) is 17.2 Å². The summed E-state index contributed by atoms with van der Waals surface area (Å²) in [6.07, 6.45) is 2.38. The summed E-state index contributed by atoms with van der Waals surface area (Å²) in [7, 11) is 0. The summed E-state index contributed by atoms with van der Waals surface area (Å²) in [6.45, 7) is 3.07. The first-order valence-electron chi connectivity index (χ1n) is 8.44. The Morgan fingerprint density at radius 1 is 1.26 bits per heavy atom. The second-order valence-electron chi connectivity index (χ2n) is 5.69. The smallest absolute Gasteiger partial charge is 0.262 e. The number of carbonyl (C=O) groups is 1. The van der Waals surface area contributed by atoms with Crippen molar-refractivity contribution in [3.63, 3.8) is 0 Å². The summed E-state index contributed by atoms with van der Waals surface area (Å²) in [5.74, 6) is 0.717. The molecule has 3 rings (SSSR count). The molecule has 0 saturated heterocycles. The maximum Gasteiger partial charge on any atom is 0.262 e. The lowest BCUT2D eigenvalue weighted by atomic mass is 10.1. The first kappa shape index (κ1) is 19.3. The third-order valence-corrected chi connectivity index (χ3v) is 5.46. The zero-order valence-corrected chi connectivity index (χ0v) is 17.1. The SMILES string of the molecule is CCOc1cc(-c2cc(NCCc3ccc(Br)cc3)ncn2)sc1C(N)=O. The van der Waals surface area contributed by atoms with Crippen LogP contribution < -0.4 is 15.8 Å². The van der Waals surface area contributed by atoms with Gasteiger partial charge in [-0.3, -0.25) is 4.79 Å². The van der Waals surface area contributed by atoms with Gasteiger partial charge in [0.1, 0.15) is 22.8 Å². The Hall–Kier alpha value is -2.45. The molecular weight excluding hydrogens is 428 g/mol. The van der Waals surface area contributed by atoms with Gasteiger partial charge in [-0.15, -0.1) is 11.3 Å². The van der Waals surface area contributed by atoms with Gasteiger partial charge in [0.05, 0.1) is 17.2 Å². The molecule has 0 aliphatic rings. The summed E-state index contributed by atoms with van der Waals surface area (Å²) in [6, 6.07) is 11.9. The summed E-state index contributed by atoms with van der Waals surface area (Å²) in [5.41, 5.74) is 7.40. The molecule has 0 radical (unpaired) electrons. The van der Waals surface area contributed by atoms with E-state index in [1.165, 1.54) is 23.2 Å². The van der Waals surface area contributed by atoms with Crippen molar-refractivity contribution in [3.05, 3.63) is 57.6 Å². The average molecular weight is 447 g/mol. The number of nitrogens with two attached hydrogens (primary N) is 1. The fourth-order valence-electron chi connectivity index (χ4n) is 2.51. The van der Waals surface area contributed by atoms with Crippen molar-refractivity contribution in [2.24, 2.45) is 5.73 Å². The van der Waals surface area contributed by atoms with Crippen molar-refractivity contribution in [3.8, 4) is 16.3 Å². The number of hydrogen-bond acceptors (Lipinski definition) is 6. The zero-order chi connectivity index (χ0) is 19.2. The Bertz CT molecular complexity index is 928. The van der Waals surface area contributed by atoms with Gasteiger partial charge in [0.2, 0.25) is 0 Å². The van der Waals surface area contributed by atoms with Gasteiger partial charge in [-0.1, -0.05) is 28.1 Å². The highest BCUT2D eigenvalue weighted by Gasteiger charge is 2.17. The second kappa shape index (κ2) is 8.96. The second-order valence-corrected chi connectivity index (χ2v) is 7.66. The van der Waals surface area contributed by atoms with Crippen LogP contribution in [0.2, 0.25) is 0 Å². The quantitative estimate of drug-likeness (QED) is 0.542. The number of ether oxygens (including phenoxy) is 1. The van der Waals surface area contributed by atoms with E-state index in [4.69, 9.17) is 10.5 Å². The van der Waals surface area contributed by atoms with Crippen LogP contribution in [0.4, 0.5) is 5.82 Å². The predicted octanol–water partition coefficient (Wildman–Crippen LogP) is 4.12. The van der Waals surface area contributed by atoms with Crippen LogP contribution in [0, 0.1) is 0 Å². The van der Waals surface area contributed by atoms with Crippen LogP contribution in [-0.4, -0.2) is 29.0 Å². The molecule has 0 atom stereocenters. The predicted molar refractivity (Wildman–Crippen MR) is 111 cm³/mol. The highest BCUT2D eigenvalue weighted by Crippen LogP contribution is 2.35. The minimum atomic E-state index is -0.503. The first-order chi connectivity index (χ1) is 13.1. The molecular formula is C19H19BrN4O2S. The van der Waals surface area contributed by atoms with Gasteiger partial charge < -0.3 is 15.8 Å². The topological polar surface area (TPSA) is 90.1 Å². The molecule has 0 unspecified atom stereocenters. The number of rotatable bonds is 8. The minimum absolute atomic E-state index is 0.398. The molecule has 27 heavy (non-hydrogen) atoms.